The summed E-state index contributed by atoms with van der Waals surface area (Å²) < 4.78 is 9.93. The summed E-state index contributed by atoms with van der Waals surface area (Å²) in [5, 5.41) is 6.22. The van der Waals surface area contributed by atoms with Crippen molar-refractivity contribution in [2.45, 2.75) is 34.6 Å². The smallest absolute Gasteiger partial charge is 0.316 e. The van der Waals surface area contributed by atoms with Gasteiger partial charge >= 0.3 is 5.97 Å². The van der Waals surface area contributed by atoms with E-state index in [-0.39, 0.29) is 29.8 Å². The molecule has 150 valence electrons. The SMILES string of the molecule is Cc1cc(NC(=O)CSCC(=O)OCC(=O)c2c(C)cc(C)c(C)c2C)no1. The van der Waals surface area contributed by atoms with Crippen LogP contribution in [-0.4, -0.2) is 40.9 Å². The number of anilines is 1. The largest absolute Gasteiger partial charge is 0.457 e. The van der Waals surface area contributed by atoms with E-state index in [4.69, 9.17) is 9.26 Å². The number of carbonyl (C=O) groups excluding carboxylic acids is 3. The lowest BCUT2D eigenvalue weighted by Crippen LogP contribution is -2.19. The van der Waals surface area contributed by atoms with Crippen molar-refractivity contribution >= 4 is 35.2 Å². The number of ketones is 1. The molecule has 2 aromatic rings. The minimum absolute atomic E-state index is 0.0244. The molecule has 0 aliphatic heterocycles. The van der Waals surface area contributed by atoms with Crippen LogP contribution in [0.1, 0.15) is 38.4 Å². The van der Waals surface area contributed by atoms with Crippen molar-refractivity contribution in [2.24, 2.45) is 0 Å². The molecule has 0 spiro atoms. The van der Waals surface area contributed by atoms with E-state index in [0.29, 0.717) is 17.1 Å². The van der Waals surface area contributed by atoms with Gasteiger partial charge in [0.15, 0.2) is 12.4 Å². The third-order valence-corrected chi connectivity index (χ3v) is 5.25. The minimum Gasteiger partial charge on any atom is -0.457 e. The molecule has 28 heavy (non-hydrogen) atoms. The van der Waals surface area contributed by atoms with Crippen molar-refractivity contribution in [1.29, 1.82) is 0 Å². The quantitative estimate of drug-likeness (QED) is 0.532. The molecule has 0 saturated carbocycles. The Balaban J connectivity index is 1.77. The van der Waals surface area contributed by atoms with Gasteiger partial charge in [-0.05, 0) is 56.9 Å². The maximum Gasteiger partial charge on any atom is 0.316 e. The number of hydrogen-bond donors (Lipinski definition) is 1. The maximum atomic E-state index is 12.5. The highest BCUT2D eigenvalue weighted by molar-refractivity contribution is 8.00. The van der Waals surface area contributed by atoms with Crippen LogP contribution >= 0.6 is 11.8 Å². The average Bonchev–Trinajstić information content (AvgIpc) is 3.02. The number of thioether (sulfide) groups is 1. The number of amides is 1. The van der Waals surface area contributed by atoms with Crippen molar-refractivity contribution in [3.8, 4) is 0 Å². The molecule has 8 heteroatoms. The Morgan fingerprint density at radius 1 is 1.04 bits per heavy atom. The molecule has 1 amide bonds. The van der Waals surface area contributed by atoms with E-state index in [1.165, 1.54) is 0 Å². The van der Waals surface area contributed by atoms with Gasteiger partial charge in [-0.25, -0.2) is 0 Å². The summed E-state index contributed by atoms with van der Waals surface area (Å²) in [4.78, 5) is 36.1. The Morgan fingerprint density at radius 3 is 2.39 bits per heavy atom. The number of benzene rings is 1. The first-order valence-corrected chi connectivity index (χ1v) is 9.91. The third-order valence-electron chi connectivity index (χ3n) is 4.35. The number of aryl methyl sites for hydroxylation is 3. The number of hydrogen-bond acceptors (Lipinski definition) is 7. The molecule has 7 nitrogen and oxygen atoms in total. The van der Waals surface area contributed by atoms with Gasteiger partial charge in [-0.15, -0.1) is 11.8 Å². The molecule has 1 heterocycles. The number of nitrogens with one attached hydrogen (secondary N) is 1. The summed E-state index contributed by atoms with van der Waals surface area (Å²) in [6, 6.07) is 3.56. The van der Waals surface area contributed by atoms with Gasteiger partial charge in [0.1, 0.15) is 5.76 Å². The summed E-state index contributed by atoms with van der Waals surface area (Å²) >= 11 is 1.10. The molecule has 0 bridgehead atoms. The fourth-order valence-corrected chi connectivity index (χ4v) is 3.41. The zero-order chi connectivity index (χ0) is 20.8. The van der Waals surface area contributed by atoms with Crippen molar-refractivity contribution in [1.82, 2.24) is 5.16 Å². The van der Waals surface area contributed by atoms with Crippen LogP contribution < -0.4 is 5.32 Å². The zero-order valence-corrected chi connectivity index (χ0v) is 17.5. The molecule has 0 aliphatic carbocycles. The average molecular weight is 404 g/mol. The van der Waals surface area contributed by atoms with Gasteiger partial charge in [0, 0.05) is 11.6 Å². The molecule has 2 rings (SSSR count). The van der Waals surface area contributed by atoms with Gasteiger partial charge in [0.05, 0.1) is 11.5 Å². The highest BCUT2D eigenvalue weighted by Gasteiger charge is 2.17. The molecule has 0 saturated heterocycles. The predicted octanol–water partition coefficient (Wildman–Crippen LogP) is 3.31. The van der Waals surface area contributed by atoms with Crippen molar-refractivity contribution in [2.75, 3.05) is 23.4 Å². The van der Waals surface area contributed by atoms with Gasteiger partial charge in [-0.1, -0.05) is 11.2 Å². The van der Waals surface area contributed by atoms with E-state index in [9.17, 15) is 14.4 Å². The second-order valence-corrected chi connectivity index (χ2v) is 7.57. The van der Waals surface area contributed by atoms with Crippen molar-refractivity contribution in [3.05, 3.63) is 45.7 Å². The molecular weight excluding hydrogens is 380 g/mol. The Kier molecular flexibility index (Phi) is 7.39. The first kappa shape index (κ1) is 21.7. The molecule has 1 aromatic carbocycles. The fraction of sp³-hybridized carbons (Fsp3) is 0.400. The number of Topliss-reactive ketones (excluding diaryl/α,β-unsaturated/α-hetero) is 1. The van der Waals surface area contributed by atoms with Gasteiger partial charge in [0.25, 0.3) is 0 Å². The monoisotopic (exact) mass is 404 g/mol. The second kappa shape index (κ2) is 9.54. The van der Waals surface area contributed by atoms with Gasteiger partial charge in [0.2, 0.25) is 11.7 Å². The van der Waals surface area contributed by atoms with E-state index < -0.39 is 5.97 Å². The summed E-state index contributed by atoms with van der Waals surface area (Å²) in [6.45, 7) is 9.15. The number of aromatic nitrogens is 1. The van der Waals surface area contributed by atoms with Crippen LogP contribution in [0.4, 0.5) is 5.82 Å². The van der Waals surface area contributed by atoms with Crippen LogP contribution in [-0.2, 0) is 14.3 Å². The van der Waals surface area contributed by atoms with Crippen molar-refractivity contribution in [3.63, 3.8) is 0 Å². The number of carbonyl (C=O) groups is 3. The predicted molar refractivity (Wildman–Crippen MR) is 108 cm³/mol. The second-order valence-electron chi connectivity index (χ2n) is 6.58. The number of ether oxygens (including phenoxy) is 1. The number of esters is 1. The van der Waals surface area contributed by atoms with E-state index in [2.05, 4.69) is 10.5 Å². The van der Waals surface area contributed by atoms with Crippen LogP contribution in [0.2, 0.25) is 0 Å². The van der Waals surface area contributed by atoms with E-state index in [1.807, 2.05) is 33.8 Å². The highest BCUT2D eigenvalue weighted by Crippen LogP contribution is 2.22. The van der Waals surface area contributed by atoms with Crippen LogP contribution in [0.3, 0.4) is 0 Å². The van der Waals surface area contributed by atoms with E-state index >= 15 is 0 Å². The lowest BCUT2D eigenvalue weighted by molar-refractivity contribution is -0.139. The summed E-state index contributed by atoms with van der Waals surface area (Å²) in [7, 11) is 0. The number of nitrogens with zero attached hydrogens (tertiary/aromatic N) is 1. The first-order chi connectivity index (χ1) is 13.2. The Labute approximate surface area is 168 Å². The van der Waals surface area contributed by atoms with Crippen molar-refractivity contribution < 1.29 is 23.6 Å². The van der Waals surface area contributed by atoms with Gasteiger partial charge in [-0.3, -0.25) is 14.4 Å². The molecule has 0 atom stereocenters. The normalized spacial score (nSPS) is 10.6. The minimum atomic E-state index is -0.539. The molecule has 0 radical (unpaired) electrons. The van der Waals surface area contributed by atoms with Crippen LogP contribution in [0.15, 0.2) is 16.7 Å². The zero-order valence-electron chi connectivity index (χ0n) is 16.7. The first-order valence-electron chi connectivity index (χ1n) is 8.76. The highest BCUT2D eigenvalue weighted by atomic mass is 32.2. The van der Waals surface area contributed by atoms with Crippen LogP contribution in [0.5, 0.6) is 0 Å². The number of rotatable bonds is 8. The Hall–Kier alpha value is -2.61. The Morgan fingerprint density at radius 2 is 1.75 bits per heavy atom. The maximum absolute atomic E-state index is 12.5. The molecular formula is C20H24N2O5S. The summed E-state index contributed by atoms with van der Waals surface area (Å²) in [5.41, 5.74) is 4.57. The summed E-state index contributed by atoms with van der Waals surface area (Å²) in [6.07, 6.45) is 0. The molecule has 0 unspecified atom stereocenters. The molecule has 0 fully saturated rings. The standard InChI is InChI=1S/C20H24N2O5S/c1-11-6-12(2)20(15(5)14(11)4)16(23)8-26-19(25)10-28-9-18(24)21-17-7-13(3)27-22-17/h6-7H,8-10H2,1-5H3,(H,21,22,24). The van der Waals surface area contributed by atoms with E-state index in [0.717, 1.165) is 34.0 Å². The lowest BCUT2D eigenvalue weighted by atomic mass is 9.92. The molecule has 1 N–H and O–H groups in total. The van der Waals surface area contributed by atoms with Gasteiger partial charge in [-0.2, -0.15) is 0 Å². The fourth-order valence-electron chi connectivity index (χ4n) is 2.80. The Bertz CT molecular complexity index is 904. The molecule has 1 aromatic heterocycles. The van der Waals surface area contributed by atoms with Crippen LogP contribution in [0.25, 0.3) is 0 Å². The topological polar surface area (TPSA) is 98.5 Å². The molecule has 0 aliphatic rings. The lowest BCUT2D eigenvalue weighted by Gasteiger charge is -2.14. The van der Waals surface area contributed by atoms with Gasteiger partial charge < -0.3 is 14.6 Å². The summed E-state index contributed by atoms with van der Waals surface area (Å²) in [5.74, 6) is -0.115. The van der Waals surface area contributed by atoms with E-state index in [1.54, 1.807) is 13.0 Å². The third kappa shape index (κ3) is 5.69. The van der Waals surface area contributed by atoms with Crippen LogP contribution in [0, 0.1) is 34.6 Å².